The highest BCUT2D eigenvalue weighted by Gasteiger charge is 2.48. The first kappa shape index (κ1) is 46.1. The van der Waals surface area contributed by atoms with Crippen LogP contribution in [0.15, 0.2) is 370 Å². The van der Waals surface area contributed by atoms with Gasteiger partial charge in [0, 0.05) is 71.6 Å². The molecular formula is C96H61BN4. The molecule has 101 heavy (non-hydrogen) atoms. The lowest BCUT2D eigenvalue weighted by molar-refractivity contribution is 1.17. The molecule has 0 amide bonds. The van der Waals surface area contributed by atoms with Crippen molar-refractivity contribution in [3.8, 4) is 83.6 Å². The zero-order valence-corrected chi connectivity index (χ0v) is 54.2. The third-order valence-electron chi connectivity index (χ3n) is 20.7. The van der Waals surface area contributed by atoms with Crippen LogP contribution in [0.5, 0.6) is 0 Å². The number of aromatic nitrogens is 2. The normalized spacial score (nSPS) is 14.2. The quantitative estimate of drug-likeness (QED) is 0.127. The number of rotatable bonds is 10. The van der Waals surface area contributed by atoms with Gasteiger partial charge in [0.25, 0.3) is 6.71 Å². The van der Waals surface area contributed by atoms with E-state index >= 15 is 0 Å². The molecule has 0 unspecified atom stereocenters. The Hall–Kier alpha value is -13.2. The zero-order chi connectivity index (χ0) is 76.7. The van der Waals surface area contributed by atoms with Gasteiger partial charge in [-0.1, -0.05) is 315 Å². The highest BCUT2D eigenvalue weighted by Crippen LogP contribution is 2.59. The van der Waals surface area contributed by atoms with E-state index in [9.17, 15) is 15.1 Å². The molecule has 468 valence electrons. The minimum absolute atomic E-state index is 0.0224. The summed E-state index contributed by atoms with van der Waals surface area (Å²) in [5.41, 5.74) is 20.5. The van der Waals surface area contributed by atoms with Crippen LogP contribution >= 0.6 is 0 Å². The molecule has 16 aromatic carbocycles. The summed E-state index contributed by atoms with van der Waals surface area (Å²) in [5.74, 6) is 0. The van der Waals surface area contributed by atoms with Crippen molar-refractivity contribution in [2.45, 2.75) is 0 Å². The lowest BCUT2D eigenvalue weighted by atomic mass is 9.33. The molecule has 5 heterocycles. The molecule has 0 saturated heterocycles. The molecule has 0 atom stereocenters. The van der Waals surface area contributed by atoms with Gasteiger partial charge in [-0.05, 0) is 127 Å². The number of para-hydroxylation sites is 5. The van der Waals surface area contributed by atoms with Crippen molar-refractivity contribution in [2.75, 3.05) is 9.80 Å². The summed E-state index contributed by atoms with van der Waals surface area (Å²) in [5, 5.41) is 3.96. The molecule has 2 aliphatic heterocycles. The first-order valence-corrected chi connectivity index (χ1v) is 34.0. The SMILES string of the molecule is [2H]c1c([2H])c([2H])c(-c2ccc3c(c2)B2c4ccc(-n5c6c([2H])c([2H])c([2H])c([2H])c6c6c([2H])c(-c7cccc(-c8ccccc8)c7)c([2H])c([2H])c65)cc4N(c4c(-c5ccccc5)cccc4-c4ccccc4)c4c2c(c2c5ccccc5n5c6ccccc6c4c25)N3c2c(-c3ccccc3)cccc2-c2ccccc2)c([2H])c1[2H]. The molecule has 0 fully saturated rings. The molecule has 5 heteroatoms. The fraction of sp³-hybridized carbons (Fsp3) is 0. The molecule has 0 aliphatic carbocycles. The van der Waals surface area contributed by atoms with Gasteiger partial charge in [0.05, 0.1) is 66.8 Å². The van der Waals surface area contributed by atoms with Gasteiger partial charge in [0.15, 0.2) is 0 Å². The summed E-state index contributed by atoms with van der Waals surface area (Å²) >= 11 is 0. The van der Waals surface area contributed by atoms with Crippen LogP contribution in [-0.2, 0) is 0 Å². The fourth-order valence-electron chi connectivity index (χ4n) is 16.5. The Morgan fingerprint density at radius 3 is 1.31 bits per heavy atom. The average molecular weight is 1290 g/mol. The Balaban J connectivity index is 0.982. The van der Waals surface area contributed by atoms with Crippen molar-refractivity contribution < 1.29 is 16.4 Å². The van der Waals surface area contributed by atoms with Crippen LogP contribution in [0.2, 0.25) is 0 Å². The van der Waals surface area contributed by atoms with Crippen LogP contribution in [0.4, 0.5) is 34.1 Å². The van der Waals surface area contributed by atoms with E-state index in [-0.39, 0.29) is 63.1 Å². The third kappa shape index (κ3) is 8.64. The van der Waals surface area contributed by atoms with Gasteiger partial charge in [-0.2, -0.15) is 0 Å². The number of nitrogens with zero attached hydrogens (tertiary/aromatic N) is 4. The van der Waals surface area contributed by atoms with Gasteiger partial charge in [-0.15, -0.1) is 0 Å². The average Bonchev–Trinajstić information content (AvgIpc) is 1.57. The predicted octanol–water partition coefficient (Wildman–Crippen LogP) is 23.7. The van der Waals surface area contributed by atoms with E-state index < -0.39 is 49.0 Å². The van der Waals surface area contributed by atoms with Gasteiger partial charge in [-0.25, -0.2) is 0 Å². The molecule has 2 aliphatic rings. The highest BCUT2D eigenvalue weighted by molar-refractivity contribution is 7.01. The Morgan fingerprint density at radius 2 is 0.733 bits per heavy atom. The number of hydrogen-bond donors (Lipinski definition) is 0. The predicted molar refractivity (Wildman–Crippen MR) is 428 cm³/mol. The van der Waals surface area contributed by atoms with E-state index in [0.717, 1.165) is 139 Å². The summed E-state index contributed by atoms with van der Waals surface area (Å²) in [6.07, 6.45) is 0. The largest absolute Gasteiger partial charge is 0.309 e. The lowest BCUT2D eigenvalue weighted by Gasteiger charge is -2.46. The maximum Gasteiger partial charge on any atom is 0.252 e. The van der Waals surface area contributed by atoms with Gasteiger partial charge in [0.2, 0.25) is 0 Å². The van der Waals surface area contributed by atoms with E-state index in [1.165, 1.54) is 0 Å². The van der Waals surface area contributed by atoms with E-state index in [4.69, 9.17) is 1.37 Å². The van der Waals surface area contributed by atoms with Crippen molar-refractivity contribution in [3.63, 3.8) is 0 Å². The molecule has 0 saturated carbocycles. The van der Waals surface area contributed by atoms with Crippen molar-refractivity contribution >= 4 is 117 Å². The number of benzene rings is 16. The molecule has 0 radical (unpaired) electrons. The molecule has 19 aromatic rings. The summed E-state index contributed by atoms with van der Waals surface area (Å²) in [4.78, 5) is 4.86. The summed E-state index contributed by atoms with van der Waals surface area (Å²) in [7, 11) is 0. The second-order valence-electron chi connectivity index (χ2n) is 26.0. The van der Waals surface area contributed by atoms with Crippen LogP contribution in [0.3, 0.4) is 0 Å². The fourth-order valence-corrected chi connectivity index (χ4v) is 16.5. The van der Waals surface area contributed by atoms with Gasteiger partial charge < -0.3 is 18.8 Å². The number of hydrogen-bond acceptors (Lipinski definition) is 2. The second kappa shape index (κ2) is 22.7. The topological polar surface area (TPSA) is 15.8 Å². The summed E-state index contributed by atoms with van der Waals surface area (Å²) in [6, 6.07) is 96.2. The Labute approximate surface area is 602 Å². The first-order chi connectivity index (χ1) is 55.2. The van der Waals surface area contributed by atoms with Crippen LogP contribution in [0.1, 0.15) is 16.4 Å². The highest BCUT2D eigenvalue weighted by atomic mass is 15.2. The van der Waals surface area contributed by atoms with Crippen LogP contribution in [0.25, 0.3) is 143 Å². The Kier molecular flexibility index (Phi) is 10.4. The number of anilines is 6. The van der Waals surface area contributed by atoms with Gasteiger partial charge in [-0.3, -0.25) is 0 Å². The van der Waals surface area contributed by atoms with E-state index in [0.29, 0.717) is 22.5 Å². The molecular weight excluding hydrogens is 1220 g/mol. The van der Waals surface area contributed by atoms with Crippen molar-refractivity contribution in [1.82, 2.24) is 8.97 Å². The maximum atomic E-state index is 10.5. The van der Waals surface area contributed by atoms with E-state index in [1.807, 2.05) is 121 Å². The second-order valence-corrected chi connectivity index (χ2v) is 26.0. The van der Waals surface area contributed by atoms with Crippen molar-refractivity contribution in [3.05, 3.63) is 370 Å². The summed E-state index contributed by atoms with van der Waals surface area (Å²) < 4.78 is 121. The molecule has 4 nitrogen and oxygen atoms in total. The van der Waals surface area contributed by atoms with E-state index in [2.05, 4.69) is 190 Å². The molecule has 0 bridgehead atoms. The van der Waals surface area contributed by atoms with Crippen molar-refractivity contribution in [2.24, 2.45) is 0 Å². The first-order valence-electron chi connectivity index (χ1n) is 40.0. The summed E-state index contributed by atoms with van der Waals surface area (Å²) in [6.45, 7) is -0.795. The monoisotopic (exact) mass is 1290 g/mol. The minimum Gasteiger partial charge on any atom is -0.309 e. The smallest absolute Gasteiger partial charge is 0.252 e. The molecule has 3 aromatic heterocycles. The minimum atomic E-state index is -0.795. The van der Waals surface area contributed by atoms with Gasteiger partial charge >= 0.3 is 0 Å². The van der Waals surface area contributed by atoms with Crippen molar-refractivity contribution in [1.29, 1.82) is 0 Å². The third-order valence-corrected chi connectivity index (χ3v) is 20.7. The zero-order valence-electron chi connectivity index (χ0n) is 66.2. The van der Waals surface area contributed by atoms with Gasteiger partial charge in [0.1, 0.15) is 0 Å². The van der Waals surface area contributed by atoms with Crippen LogP contribution < -0.4 is 26.2 Å². The Morgan fingerprint density at radius 1 is 0.267 bits per heavy atom. The maximum absolute atomic E-state index is 10.5. The van der Waals surface area contributed by atoms with Crippen LogP contribution in [0, 0.1) is 0 Å². The molecule has 0 spiro atoms. The van der Waals surface area contributed by atoms with E-state index in [1.54, 1.807) is 4.57 Å². The lowest BCUT2D eigenvalue weighted by Crippen LogP contribution is -2.61. The molecule has 0 N–H and O–H groups in total. The standard InChI is InChI=1S/C96H61BN4/c1-7-28-62(29-8-1)68-40-25-41-69(58-68)70-52-56-86-80(59-70)77-42-19-22-49-83(77)98(86)72-54-55-81-88(61-72)101(93-75(66-36-15-5-16-37-66)47-27-48-76(93)67-38-17-6-18-39-67)96-90-79-44-21-24-51-85(79)99-84-50-23-20-43-78(84)89(94(90)99)95-91(96)97(81)82-60-71(63-30-9-2-10-31-63)53-57-87(82)100(95)92-73(64-32-11-3-12-33-64)45-26-46-74(92)65-34-13-4-14-35-65/h1-61H/i2D,9D,10D,19D,22D,30D,31D,42D,49D,52D,56D,59D. The van der Waals surface area contributed by atoms with Crippen LogP contribution in [-0.4, -0.2) is 15.7 Å². The Bertz CT molecular complexity index is 7140. The molecule has 21 rings (SSSR count). The number of fused-ring (bicyclic) bond motifs is 15.